The van der Waals surface area contributed by atoms with E-state index in [-0.39, 0.29) is 11.3 Å². The van der Waals surface area contributed by atoms with E-state index in [4.69, 9.17) is 4.74 Å². The van der Waals surface area contributed by atoms with Crippen molar-refractivity contribution in [2.45, 2.75) is 17.3 Å². The molecule has 0 aliphatic heterocycles. The Morgan fingerprint density at radius 1 is 0.897 bits per heavy atom. The zero-order valence-corrected chi connectivity index (χ0v) is 15.9. The lowest BCUT2D eigenvalue weighted by molar-refractivity contribution is 0.102. The summed E-state index contributed by atoms with van der Waals surface area (Å²) in [6.45, 7) is 0.307. The first-order valence-corrected chi connectivity index (χ1v) is 10.1. The van der Waals surface area contributed by atoms with E-state index in [9.17, 15) is 22.0 Å². The van der Waals surface area contributed by atoms with Crippen molar-refractivity contribution in [2.24, 2.45) is 0 Å². The van der Waals surface area contributed by atoms with Crippen LogP contribution in [-0.4, -0.2) is 20.1 Å². The number of carbonyl (C=O) groups excluding carboxylic acids is 1. The second-order valence-corrected chi connectivity index (χ2v) is 7.94. The van der Waals surface area contributed by atoms with Crippen LogP contribution in [0.2, 0.25) is 0 Å². The lowest BCUT2D eigenvalue weighted by Crippen LogP contribution is -2.17. The Kier molecular flexibility index (Phi) is 6.23. The van der Waals surface area contributed by atoms with E-state index in [2.05, 4.69) is 5.32 Å². The summed E-state index contributed by atoms with van der Waals surface area (Å²) >= 11 is 0. The van der Waals surface area contributed by atoms with Gasteiger partial charge in [-0.15, -0.1) is 0 Å². The van der Waals surface area contributed by atoms with Gasteiger partial charge in [0.2, 0.25) is 9.84 Å². The quantitative estimate of drug-likeness (QED) is 0.614. The molecular formula is C21H17F2NO4S. The monoisotopic (exact) mass is 417 g/mol. The maximum absolute atomic E-state index is 12.9. The molecule has 29 heavy (non-hydrogen) atoms. The molecule has 0 aliphatic rings. The Balaban J connectivity index is 1.71. The third kappa shape index (κ3) is 4.97. The predicted octanol–water partition coefficient (Wildman–Crippen LogP) is 4.51. The van der Waals surface area contributed by atoms with Crippen LogP contribution in [-0.2, 0) is 16.4 Å². The van der Waals surface area contributed by atoms with Gasteiger partial charge in [0.25, 0.3) is 5.91 Å². The number of anilines is 1. The molecule has 3 aromatic rings. The molecule has 0 saturated carbocycles. The molecule has 3 aromatic carbocycles. The molecule has 0 bridgehead atoms. The summed E-state index contributed by atoms with van der Waals surface area (Å²) in [7, 11) is -4.84. The number of nitrogens with one attached hydrogen (secondary N) is 1. The Morgan fingerprint density at radius 2 is 1.52 bits per heavy atom. The van der Waals surface area contributed by atoms with Gasteiger partial charge in [0.05, 0.1) is 10.6 Å². The number of para-hydroxylation sites is 2. The fraction of sp³-hybridized carbons (Fsp3) is 0.0952. The van der Waals surface area contributed by atoms with Crippen LogP contribution < -0.4 is 10.1 Å². The molecule has 3 rings (SSSR count). The number of rotatable bonds is 7. The van der Waals surface area contributed by atoms with Crippen molar-refractivity contribution in [3.05, 3.63) is 90.0 Å². The molecule has 8 heteroatoms. The SMILES string of the molecule is O=C(Nc1ccccc1S(=O)(=O)C(F)F)c1ccc(COc2ccccc2)cc1. The highest BCUT2D eigenvalue weighted by molar-refractivity contribution is 7.91. The first kappa shape index (κ1) is 20.5. The lowest BCUT2D eigenvalue weighted by atomic mass is 10.1. The molecule has 0 spiro atoms. The van der Waals surface area contributed by atoms with Crippen molar-refractivity contribution in [3.63, 3.8) is 0 Å². The van der Waals surface area contributed by atoms with Gasteiger partial charge in [-0.2, -0.15) is 8.78 Å². The summed E-state index contributed by atoms with van der Waals surface area (Å²) in [4.78, 5) is 11.8. The van der Waals surface area contributed by atoms with Crippen LogP contribution >= 0.6 is 0 Å². The zero-order valence-electron chi connectivity index (χ0n) is 15.1. The topological polar surface area (TPSA) is 72.5 Å². The van der Waals surface area contributed by atoms with Crippen LogP contribution in [0.4, 0.5) is 14.5 Å². The molecular weight excluding hydrogens is 400 g/mol. The minimum Gasteiger partial charge on any atom is -0.489 e. The second kappa shape index (κ2) is 8.83. The van der Waals surface area contributed by atoms with E-state index in [1.807, 2.05) is 30.3 Å². The predicted molar refractivity (Wildman–Crippen MR) is 105 cm³/mol. The average molecular weight is 417 g/mol. The normalized spacial score (nSPS) is 11.3. The van der Waals surface area contributed by atoms with E-state index < -0.39 is 26.4 Å². The molecule has 0 unspecified atom stereocenters. The van der Waals surface area contributed by atoms with E-state index >= 15 is 0 Å². The van der Waals surface area contributed by atoms with Gasteiger partial charge in [0, 0.05) is 5.56 Å². The molecule has 1 amide bonds. The van der Waals surface area contributed by atoms with Crippen LogP contribution in [0, 0.1) is 0 Å². The van der Waals surface area contributed by atoms with Gasteiger partial charge in [0.15, 0.2) is 0 Å². The van der Waals surface area contributed by atoms with Crippen LogP contribution in [0.3, 0.4) is 0 Å². The van der Waals surface area contributed by atoms with Crippen LogP contribution in [0.1, 0.15) is 15.9 Å². The fourth-order valence-electron chi connectivity index (χ4n) is 2.54. The molecule has 0 radical (unpaired) electrons. The molecule has 0 heterocycles. The van der Waals surface area contributed by atoms with Gasteiger partial charge in [0.1, 0.15) is 12.4 Å². The first-order valence-electron chi connectivity index (χ1n) is 8.57. The first-order chi connectivity index (χ1) is 13.9. The van der Waals surface area contributed by atoms with Gasteiger partial charge < -0.3 is 10.1 Å². The van der Waals surface area contributed by atoms with Crippen LogP contribution in [0.25, 0.3) is 0 Å². The van der Waals surface area contributed by atoms with Gasteiger partial charge in [-0.25, -0.2) is 8.42 Å². The Bertz CT molecular complexity index is 1090. The Hall–Kier alpha value is -3.26. The summed E-state index contributed by atoms with van der Waals surface area (Å²) in [5.41, 5.74) is 0.873. The zero-order chi connectivity index (χ0) is 20.9. The van der Waals surface area contributed by atoms with Crippen LogP contribution in [0.15, 0.2) is 83.8 Å². The molecule has 0 fully saturated rings. The molecule has 5 nitrogen and oxygen atoms in total. The maximum Gasteiger partial charge on any atom is 0.341 e. The van der Waals surface area contributed by atoms with E-state index in [1.165, 1.54) is 18.2 Å². The maximum atomic E-state index is 12.9. The molecule has 0 saturated heterocycles. The van der Waals surface area contributed by atoms with Crippen molar-refractivity contribution >= 4 is 21.4 Å². The fourth-order valence-corrected chi connectivity index (χ4v) is 3.43. The number of carbonyl (C=O) groups is 1. The third-order valence-electron chi connectivity index (χ3n) is 4.04. The van der Waals surface area contributed by atoms with Gasteiger partial charge in [-0.05, 0) is 42.0 Å². The minimum absolute atomic E-state index is 0.200. The third-order valence-corrected chi connectivity index (χ3v) is 5.48. The number of ether oxygens (including phenoxy) is 1. The number of halogens is 2. The number of benzene rings is 3. The minimum atomic E-state index is -4.84. The van der Waals surface area contributed by atoms with Gasteiger partial charge >= 0.3 is 5.76 Å². The molecule has 0 aliphatic carbocycles. The Morgan fingerprint density at radius 3 is 2.17 bits per heavy atom. The Labute approximate surface area is 166 Å². The van der Waals surface area contributed by atoms with Crippen LogP contribution in [0.5, 0.6) is 5.75 Å². The van der Waals surface area contributed by atoms with Gasteiger partial charge in [-0.1, -0.05) is 42.5 Å². The van der Waals surface area contributed by atoms with Gasteiger partial charge in [-0.3, -0.25) is 4.79 Å². The number of alkyl halides is 2. The summed E-state index contributed by atoms with van der Waals surface area (Å²) in [5, 5.41) is 2.38. The summed E-state index contributed by atoms with van der Waals surface area (Å²) in [5.74, 6) is -3.48. The smallest absolute Gasteiger partial charge is 0.341 e. The number of hydrogen-bond donors (Lipinski definition) is 1. The van der Waals surface area contributed by atoms with Crippen molar-refractivity contribution in [3.8, 4) is 5.75 Å². The van der Waals surface area contributed by atoms with E-state index in [0.29, 0.717) is 12.4 Å². The number of sulfone groups is 1. The van der Waals surface area contributed by atoms with E-state index in [0.717, 1.165) is 11.6 Å². The van der Waals surface area contributed by atoms with E-state index in [1.54, 1.807) is 24.3 Å². The molecule has 150 valence electrons. The van der Waals surface area contributed by atoms with Crippen molar-refractivity contribution in [1.82, 2.24) is 0 Å². The number of amides is 1. The molecule has 1 N–H and O–H groups in total. The summed E-state index contributed by atoms with van der Waals surface area (Å²) in [6.07, 6.45) is 0. The standard InChI is InChI=1S/C21H17F2NO4S/c22-21(23)29(26,27)19-9-5-4-8-18(19)24-20(25)16-12-10-15(11-13-16)14-28-17-6-2-1-3-7-17/h1-13,21H,14H2,(H,24,25). The summed E-state index contributed by atoms with van der Waals surface area (Å²) < 4.78 is 54.9. The highest BCUT2D eigenvalue weighted by Crippen LogP contribution is 2.26. The highest BCUT2D eigenvalue weighted by Gasteiger charge is 2.29. The second-order valence-electron chi connectivity index (χ2n) is 6.05. The van der Waals surface area contributed by atoms with Crippen molar-refractivity contribution in [1.29, 1.82) is 0 Å². The largest absolute Gasteiger partial charge is 0.489 e. The number of hydrogen-bond acceptors (Lipinski definition) is 4. The van der Waals surface area contributed by atoms with Crippen molar-refractivity contribution in [2.75, 3.05) is 5.32 Å². The molecule has 0 aromatic heterocycles. The van der Waals surface area contributed by atoms with Crippen molar-refractivity contribution < 1.29 is 26.7 Å². The lowest BCUT2D eigenvalue weighted by Gasteiger charge is -2.11. The molecule has 0 atom stereocenters. The highest BCUT2D eigenvalue weighted by atomic mass is 32.2. The summed E-state index contributed by atoms with van der Waals surface area (Å²) in [6, 6.07) is 20.8. The average Bonchev–Trinajstić information content (AvgIpc) is 2.73.